The molecule has 0 saturated heterocycles. The number of benzene rings is 1. The molecule has 1 unspecified atom stereocenters. The molecule has 1 atom stereocenters. The predicted molar refractivity (Wildman–Crippen MR) is 72.7 cm³/mol. The fraction of sp³-hybridized carbons (Fsp3) is 0.462. The largest absolute Gasteiger partial charge is 0.477 e. The molecule has 0 fully saturated rings. The van der Waals surface area contributed by atoms with Gasteiger partial charge >= 0.3 is 5.97 Å². The van der Waals surface area contributed by atoms with Gasteiger partial charge in [-0.05, 0) is 18.4 Å². The molecule has 1 aromatic carbocycles. The highest BCUT2D eigenvalue weighted by molar-refractivity contribution is 5.94. The van der Waals surface area contributed by atoms with E-state index in [4.69, 9.17) is 10.2 Å². The van der Waals surface area contributed by atoms with Crippen molar-refractivity contribution in [2.24, 2.45) is 0 Å². The van der Waals surface area contributed by atoms with Crippen molar-refractivity contribution in [1.29, 1.82) is 0 Å². The second-order valence-electron chi connectivity index (χ2n) is 4.37. The first-order chi connectivity index (χ1) is 9.51. The van der Waals surface area contributed by atoms with Gasteiger partial charge < -0.3 is 15.5 Å². The van der Waals surface area contributed by atoms with E-state index in [2.05, 4.69) is 5.32 Å². The van der Waals surface area contributed by atoms with Gasteiger partial charge in [0.1, 0.15) is 5.56 Å². The Bertz CT molecular complexity index is 490. The number of rotatable bonds is 8. The molecule has 7 nitrogen and oxygen atoms in total. The number of hydrogen-bond acceptors (Lipinski definition) is 5. The summed E-state index contributed by atoms with van der Waals surface area (Å²) < 4.78 is 0. The SMILES string of the molecule is CCC(CCO)NCc1cccc([N+](=O)[O-])c1C(=O)O. The van der Waals surface area contributed by atoms with Crippen LogP contribution in [0.15, 0.2) is 18.2 Å². The molecule has 7 heteroatoms. The minimum absolute atomic E-state index is 0.0340. The molecule has 3 N–H and O–H groups in total. The van der Waals surface area contributed by atoms with E-state index in [1.54, 1.807) is 6.07 Å². The molecular formula is C13H18N2O5. The van der Waals surface area contributed by atoms with Gasteiger partial charge in [-0.25, -0.2) is 4.79 Å². The van der Waals surface area contributed by atoms with Gasteiger partial charge in [0.25, 0.3) is 5.69 Å². The molecule has 0 amide bonds. The zero-order valence-electron chi connectivity index (χ0n) is 11.2. The summed E-state index contributed by atoms with van der Waals surface area (Å²) in [6.45, 7) is 2.19. The Hall–Kier alpha value is -1.99. The van der Waals surface area contributed by atoms with Crippen LogP contribution < -0.4 is 5.32 Å². The molecular weight excluding hydrogens is 264 g/mol. The Morgan fingerprint density at radius 1 is 1.50 bits per heavy atom. The molecule has 0 spiro atoms. The number of nitrogens with zero attached hydrogens (tertiary/aromatic N) is 1. The Labute approximate surface area is 116 Å². The molecule has 1 rings (SSSR count). The highest BCUT2D eigenvalue weighted by atomic mass is 16.6. The summed E-state index contributed by atoms with van der Waals surface area (Å²) in [4.78, 5) is 21.4. The van der Waals surface area contributed by atoms with Crippen molar-refractivity contribution >= 4 is 11.7 Å². The smallest absolute Gasteiger partial charge is 0.343 e. The van der Waals surface area contributed by atoms with Crippen molar-refractivity contribution in [3.63, 3.8) is 0 Å². The Balaban J connectivity index is 2.97. The Morgan fingerprint density at radius 3 is 2.70 bits per heavy atom. The van der Waals surface area contributed by atoms with Crippen LogP contribution in [0.4, 0.5) is 5.69 Å². The number of nitro groups is 1. The van der Waals surface area contributed by atoms with E-state index >= 15 is 0 Å². The van der Waals surface area contributed by atoms with Gasteiger partial charge in [0, 0.05) is 25.3 Å². The van der Waals surface area contributed by atoms with Crippen LogP contribution in [-0.2, 0) is 6.54 Å². The summed E-state index contributed by atoms with van der Waals surface area (Å²) in [5, 5.41) is 32.0. The van der Waals surface area contributed by atoms with Gasteiger partial charge in [-0.1, -0.05) is 19.1 Å². The molecule has 0 aliphatic carbocycles. The highest BCUT2D eigenvalue weighted by Crippen LogP contribution is 2.22. The standard InChI is InChI=1S/C13H18N2O5/c1-2-10(6-7-16)14-8-9-4-3-5-11(15(19)20)12(9)13(17)18/h3-5,10,14,16H,2,6-8H2,1H3,(H,17,18). The fourth-order valence-corrected chi connectivity index (χ4v) is 1.99. The monoisotopic (exact) mass is 282 g/mol. The van der Waals surface area contributed by atoms with Crippen LogP contribution in [0, 0.1) is 10.1 Å². The lowest BCUT2D eigenvalue weighted by atomic mass is 10.0. The normalized spacial score (nSPS) is 12.1. The molecule has 1 aromatic rings. The summed E-state index contributed by atoms with van der Waals surface area (Å²) in [6.07, 6.45) is 1.33. The van der Waals surface area contributed by atoms with E-state index in [1.807, 2.05) is 6.92 Å². The van der Waals surface area contributed by atoms with Crippen molar-refractivity contribution in [1.82, 2.24) is 5.32 Å². The molecule has 0 saturated carbocycles. The van der Waals surface area contributed by atoms with Gasteiger partial charge in [0.2, 0.25) is 0 Å². The third kappa shape index (κ3) is 4.01. The van der Waals surface area contributed by atoms with Crippen molar-refractivity contribution < 1.29 is 19.9 Å². The van der Waals surface area contributed by atoms with Crippen molar-refractivity contribution in [3.8, 4) is 0 Å². The highest BCUT2D eigenvalue weighted by Gasteiger charge is 2.23. The van der Waals surface area contributed by atoms with Gasteiger partial charge in [0.05, 0.1) is 4.92 Å². The maximum Gasteiger partial charge on any atom is 0.343 e. The van der Waals surface area contributed by atoms with Crippen LogP contribution in [0.3, 0.4) is 0 Å². The number of aliphatic hydroxyl groups is 1. The number of carbonyl (C=O) groups is 1. The second kappa shape index (κ2) is 7.56. The van der Waals surface area contributed by atoms with Gasteiger partial charge in [-0.2, -0.15) is 0 Å². The van der Waals surface area contributed by atoms with E-state index in [0.717, 1.165) is 6.42 Å². The van der Waals surface area contributed by atoms with Gasteiger partial charge in [-0.3, -0.25) is 10.1 Å². The summed E-state index contributed by atoms with van der Waals surface area (Å²) >= 11 is 0. The molecule has 20 heavy (non-hydrogen) atoms. The van der Waals surface area contributed by atoms with Crippen LogP contribution in [-0.4, -0.2) is 33.8 Å². The zero-order chi connectivity index (χ0) is 15.1. The maximum absolute atomic E-state index is 11.2. The molecule has 0 heterocycles. The van der Waals surface area contributed by atoms with Crippen LogP contribution in [0.25, 0.3) is 0 Å². The number of carboxylic acids is 1. The maximum atomic E-state index is 11.2. The second-order valence-corrected chi connectivity index (χ2v) is 4.37. The number of carboxylic acid groups (broad SMARTS) is 1. The third-order valence-electron chi connectivity index (χ3n) is 3.09. The topological polar surface area (TPSA) is 113 Å². The molecule has 0 aliphatic rings. The number of nitro benzene ring substituents is 1. The lowest BCUT2D eigenvalue weighted by Crippen LogP contribution is -2.29. The first-order valence-electron chi connectivity index (χ1n) is 6.35. The predicted octanol–water partition coefficient (Wildman–Crippen LogP) is 1.54. The van der Waals surface area contributed by atoms with Crippen LogP contribution in [0.1, 0.15) is 35.7 Å². The molecule has 0 aromatic heterocycles. The summed E-state index contributed by atoms with van der Waals surface area (Å²) in [6, 6.07) is 4.24. The van der Waals surface area contributed by atoms with E-state index in [9.17, 15) is 14.9 Å². The van der Waals surface area contributed by atoms with Crippen LogP contribution >= 0.6 is 0 Å². The number of nitrogens with one attached hydrogen (secondary N) is 1. The lowest BCUT2D eigenvalue weighted by Gasteiger charge is -2.16. The third-order valence-corrected chi connectivity index (χ3v) is 3.09. The first-order valence-corrected chi connectivity index (χ1v) is 6.35. The Kier molecular flexibility index (Phi) is 6.08. The van der Waals surface area contributed by atoms with Crippen molar-refractivity contribution in [2.45, 2.75) is 32.4 Å². The summed E-state index contributed by atoms with van der Waals surface area (Å²) in [5.41, 5.74) is -0.334. The van der Waals surface area contributed by atoms with Crippen molar-refractivity contribution in [3.05, 3.63) is 39.4 Å². The van der Waals surface area contributed by atoms with Gasteiger partial charge in [-0.15, -0.1) is 0 Å². The van der Waals surface area contributed by atoms with E-state index in [-0.39, 0.29) is 24.8 Å². The van der Waals surface area contributed by atoms with Crippen molar-refractivity contribution in [2.75, 3.05) is 6.61 Å². The molecule has 0 radical (unpaired) electrons. The number of hydrogen-bond donors (Lipinski definition) is 3. The van der Waals surface area contributed by atoms with E-state index in [0.29, 0.717) is 12.0 Å². The lowest BCUT2D eigenvalue weighted by molar-refractivity contribution is -0.385. The average molecular weight is 282 g/mol. The minimum atomic E-state index is -1.32. The first kappa shape index (κ1) is 16.1. The molecule has 110 valence electrons. The molecule has 0 bridgehead atoms. The van der Waals surface area contributed by atoms with Crippen LogP contribution in [0.2, 0.25) is 0 Å². The zero-order valence-corrected chi connectivity index (χ0v) is 11.2. The van der Waals surface area contributed by atoms with E-state index < -0.39 is 16.6 Å². The number of aromatic carboxylic acids is 1. The van der Waals surface area contributed by atoms with Crippen LogP contribution in [0.5, 0.6) is 0 Å². The van der Waals surface area contributed by atoms with E-state index in [1.165, 1.54) is 12.1 Å². The quantitative estimate of drug-likeness (QED) is 0.492. The fourth-order valence-electron chi connectivity index (χ4n) is 1.99. The number of aliphatic hydroxyl groups excluding tert-OH is 1. The van der Waals surface area contributed by atoms with Gasteiger partial charge in [0.15, 0.2) is 0 Å². The molecule has 0 aliphatic heterocycles. The Morgan fingerprint density at radius 2 is 2.20 bits per heavy atom. The average Bonchev–Trinajstić information content (AvgIpc) is 2.42. The summed E-state index contributed by atoms with van der Waals surface area (Å²) in [5.74, 6) is -1.32. The minimum Gasteiger partial charge on any atom is -0.477 e. The summed E-state index contributed by atoms with van der Waals surface area (Å²) in [7, 11) is 0.